The molecular formula is C26H24Cl2N4O5S. The summed E-state index contributed by atoms with van der Waals surface area (Å²) in [7, 11) is -1.65. The minimum absolute atomic E-state index is 0.0318. The third kappa shape index (κ3) is 5.35. The smallest absolute Gasteiger partial charge is 0.260 e. The van der Waals surface area contributed by atoms with Crippen molar-refractivity contribution < 1.29 is 22.7 Å². The second-order valence-corrected chi connectivity index (χ2v) is 11.9. The Morgan fingerprint density at radius 2 is 1.87 bits per heavy atom. The van der Waals surface area contributed by atoms with Crippen LogP contribution in [0.25, 0.3) is 28.0 Å². The van der Waals surface area contributed by atoms with Gasteiger partial charge in [-0.15, -0.1) is 5.10 Å². The van der Waals surface area contributed by atoms with Crippen LogP contribution < -0.4 is 10.1 Å². The van der Waals surface area contributed by atoms with E-state index in [1.165, 1.54) is 7.11 Å². The van der Waals surface area contributed by atoms with Crippen LogP contribution >= 0.6 is 23.2 Å². The predicted octanol–water partition coefficient (Wildman–Crippen LogP) is 4.31. The lowest BCUT2D eigenvalue weighted by molar-refractivity contribution is 0.0934. The quantitative estimate of drug-likeness (QED) is 0.312. The van der Waals surface area contributed by atoms with Crippen LogP contribution in [-0.4, -0.2) is 66.8 Å². The van der Waals surface area contributed by atoms with E-state index >= 15 is 0 Å². The van der Waals surface area contributed by atoms with Gasteiger partial charge in [0, 0.05) is 46.1 Å². The van der Waals surface area contributed by atoms with E-state index in [-0.39, 0.29) is 41.8 Å². The molecule has 0 unspecified atom stereocenters. The van der Waals surface area contributed by atoms with Crippen molar-refractivity contribution in [3.8, 4) is 28.3 Å². The summed E-state index contributed by atoms with van der Waals surface area (Å²) in [6.07, 6.45) is 1.98. The molecule has 1 saturated heterocycles. The van der Waals surface area contributed by atoms with Crippen LogP contribution in [0.5, 0.6) is 5.88 Å². The molecule has 1 aliphatic rings. The van der Waals surface area contributed by atoms with E-state index in [0.29, 0.717) is 27.7 Å². The Morgan fingerprint density at radius 1 is 1.11 bits per heavy atom. The minimum atomic E-state index is -3.19. The number of amides is 1. The lowest BCUT2D eigenvalue weighted by Crippen LogP contribution is -2.35. The van der Waals surface area contributed by atoms with Crippen LogP contribution in [-0.2, 0) is 14.6 Å². The van der Waals surface area contributed by atoms with Crippen molar-refractivity contribution >= 4 is 44.6 Å². The van der Waals surface area contributed by atoms with E-state index in [2.05, 4.69) is 15.4 Å². The molecule has 12 heteroatoms. The topological polar surface area (TPSA) is 112 Å². The van der Waals surface area contributed by atoms with Gasteiger partial charge in [-0.25, -0.2) is 17.9 Å². The summed E-state index contributed by atoms with van der Waals surface area (Å²) in [6.45, 7) is 0.421. The van der Waals surface area contributed by atoms with Crippen LogP contribution in [0.3, 0.4) is 0 Å². The maximum absolute atomic E-state index is 13.5. The molecule has 0 bridgehead atoms. The van der Waals surface area contributed by atoms with E-state index in [1.807, 2.05) is 30.3 Å². The Morgan fingerprint density at radius 3 is 2.55 bits per heavy atom. The van der Waals surface area contributed by atoms with Gasteiger partial charge in [-0.3, -0.25) is 4.79 Å². The van der Waals surface area contributed by atoms with E-state index in [0.717, 1.165) is 11.1 Å². The monoisotopic (exact) mass is 574 g/mol. The van der Waals surface area contributed by atoms with E-state index in [9.17, 15) is 13.2 Å². The molecule has 4 aromatic rings. The third-order valence-corrected chi connectivity index (χ3v) is 8.56. The highest BCUT2D eigenvalue weighted by Gasteiger charge is 2.32. The molecule has 0 saturated carbocycles. The number of carbonyl (C=O) groups excluding carboxylic acids is 1. The molecule has 0 spiro atoms. The molecule has 9 nitrogen and oxygen atoms in total. The second-order valence-electron chi connectivity index (χ2n) is 8.84. The SMILES string of the molecule is COCCOc1nn2c(-c3ccc(Cl)cc3)c(-c3ccccc3Cl)cnc2c1C(=O)N[C@@H]1CCS(=O)(=O)C1. The van der Waals surface area contributed by atoms with Crippen LogP contribution in [0.2, 0.25) is 10.0 Å². The van der Waals surface area contributed by atoms with Gasteiger partial charge in [-0.05, 0) is 24.6 Å². The number of sulfone groups is 1. The summed E-state index contributed by atoms with van der Waals surface area (Å²) in [5, 5.41) is 8.55. The molecule has 1 atom stereocenters. The maximum atomic E-state index is 13.5. The van der Waals surface area contributed by atoms with Crippen molar-refractivity contribution in [2.75, 3.05) is 31.8 Å². The molecule has 38 heavy (non-hydrogen) atoms. The fourth-order valence-electron chi connectivity index (χ4n) is 4.42. The standard InChI is InChI=1S/C26H24Cl2N4O5S/c1-36-11-12-37-26-22(25(33)30-18-10-13-38(34,35)15-18)24-29-14-20(19-4-2-3-5-21(19)28)23(32(24)31-26)16-6-8-17(27)9-7-16/h2-9,14,18H,10-13,15H2,1H3,(H,30,33)/t18-/m1/s1. The van der Waals surface area contributed by atoms with Gasteiger partial charge in [0.15, 0.2) is 15.5 Å². The van der Waals surface area contributed by atoms with E-state index in [4.69, 9.17) is 32.7 Å². The van der Waals surface area contributed by atoms with E-state index in [1.54, 1.807) is 28.9 Å². The summed E-state index contributed by atoms with van der Waals surface area (Å²) < 4.78 is 36.4. The van der Waals surface area contributed by atoms with Gasteiger partial charge in [0.05, 0.1) is 23.8 Å². The summed E-state index contributed by atoms with van der Waals surface area (Å²) in [5.74, 6) is -0.545. The Labute approximate surface area is 229 Å². The largest absolute Gasteiger partial charge is 0.474 e. The van der Waals surface area contributed by atoms with Gasteiger partial charge in [0.2, 0.25) is 5.88 Å². The number of halogens is 2. The zero-order valence-electron chi connectivity index (χ0n) is 20.4. The molecule has 1 N–H and O–H groups in total. The minimum Gasteiger partial charge on any atom is -0.474 e. The number of methoxy groups -OCH3 is 1. The number of aromatic nitrogens is 3. The summed E-state index contributed by atoms with van der Waals surface area (Å²) in [6, 6.07) is 14.0. The number of ether oxygens (including phenoxy) is 2. The van der Waals surface area contributed by atoms with Crippen molar-refractivity contribution in [2.24, 2.45) is 0 Å². The van der Waals surface area contributed by atoms with Gasteiger partial charge in [0.25, 0.3) is 5.91 Å². The molecule has 1 aliphatic heterocycles. The van der Waals surface area contributed by atoms with E-state index < -0.39 is 21.8 Å². The number of hydrogen-bond donors (Lipinski definition) is 1. The highest BCUT2D eigenvalue weighted by molar-refractivity contribution is 7.91. The Hall–Kier alpha value is -3.18. The number of rotatable bonds is 8. The predicted molar refractivity (Wildman–Crippen MR) is 146 cm³/mol. The molecule has 198 valence electrons. The number of nitrogens with one attached hydrogen (secondary N) is 1. The summed E-state index contributed by atoms with van der Waals surface area (Å²) in [4.78, 5) is 18.1. The van der Waals surface area contributed by atoms with Crippen LogP contribution in [0.15, 0.2) is 54.7 Å². The molecule has 0 radical (unpaired) electrons. The fraction of sp³-hybridized carbons (Fsp3) is 0.269. The first-order chi connectivity index (χ1) is 18.3. The number of nitrogens with zero attached hydrogens (tertiary/aromatic N) is 3. The first-order valence-corrected chi connectivity index (χ1v) is 14.4. The molecule has 3 heterocycles. The highest BCUT2D eigenvalue weighted by Crippen LogP contribution is 2.38. The van der Waals surface area contributed by atoms with Crippen molar-refractivity contribution in [3.05, 3.63) is 70.3 Å². The molecular weight excluding hydrogens is 551 g/mol. The lowest BCUT2D eigenvalue weighted by atomic mass is 10.0. The molecule has 1 amide bonds. The van der Waals surface area contributed by atoms with Crippen molar-refractivity contribution in [1.82, 2.24) is 19.9 Å². The third-order valence-electron chi connectivity index (χ3n) is 6.21. The number of hydrogen-bond acceptors (Lipinski definition) is 7. The van der Waals surface area contributed by atoms with Crippen molar-refractivity contribution in [2.45, 2.75) is 12.5 Å². The first-order valence-electron chi connectivity index (χ1n) is 11.8. The Kier molecular flexibility index (Phi) is 7.58. The Bertz CT molecular complexity index is 1610. The normalized spacial score (nSPS) is 16.6. The maximum Gasteiger partial charge on any atom is 0.260 e. The molecule has 5 rings (SSSR count). The average Bonchev–Trinajstić information content (AvgIpc) is 3.43. The van der Waals surface area contributed by atoms with Crippen molar-refractivity contribution in [3.63, 3.8) is 0 Å². The summed E-state index contributed by atoms with van der Waals surface area (Å²) in [5.41, 5.74) is 3.15. The number of fused-ring (bicyclic) bond motifs is 1. The lowest BCUT2D eigenvalue weighted by Gasteiger charge is -2.14. The first kappa shape index (κ1) is 26.4. The zero-order valence-corrected chi connectivity index (χ0v) is 22.7. The fourth-order valence-corrected chi connectivity index (χ4v) is 6.45. The van der Waals surface area contributed by atoms with Crippen LogP contribution in [0.1, 0.15) is 16.8 Å². The number of carbonyl (C=O) groups is 1. The van der Waals surface area contributed by atoms with Gasteiger partial charge >= 0.3 is 0 Å². The molecule has 2 aromatic heterocycles. The van der Waals surface area contributed by atoms with Crippen molar-refractivity contribution in [1.29, 1.82) is 0 Å². The molecule has 0 aliphatic carbocycles. The second kappa shape index (κ2) is 10.9. The molecule has 2 aromatic carbocycles. The van der Waals surface area contributed by atoms with Gasteiger partial charge in [-0.1, -0.05) is 53.5 Å². The zero-order chi connectivity index (χ0) is 26.9. The average molecular weight is 575 g/mol. The van der Waals surface area contributed by atoms with Crippen LogP contribution in [0, 0.1) is 0 Å². The van der Waals surface area contributed by atoms with Crippen LogP contribution in [0.4, 0.5) is 0 Å². The summed E-state index contributed by atoms with van der Waals surface area (Å²) >= 11 is 12.7. The molecule has 1 fully saturated rings. The van der Waals surface area contributed by atoms with Gasteiger partial charge < -0.3 is 14.8 Å². The number of benzene rings is 2. The van der Waals surface area contributed by atoms with Gasteiger partial charge in [0.1, 0.15) is 12.2 Å². The van der Waals surface area contributed by atoms with Gasteiger partial charge in [-0.2, -0.15) is 0 Å². The highest BCUT2D eigenvalue weighted by atomic mass is 35.5. The Balaban J connectivity index is 1.70.